The van der Waals surface area contributed by atoms with Gasteiger partial charge in [-0.15, -0.1) is 0 Å². The van der Waals surface area contributed by atoms with Crippen LogP contribution in [-0.2, 0) is 0 Å². The van der Waals surface area contributed by atoms with Crippen LogP contribution in [0.25, 0.3) is 5.65 Å². The topological polar surface area (TPSA) is 93.2 Å². The monoisotopic (exact) mass is 178 g/mol. The fourth-order valence-corrected chi connectivity index (χ4v) is 1.11. The highest BCUT2D eigenvalue weighted by molar-refractivity contribution is 5.96. The Kier molecular flexibility index (Phi) is 1.42. The van der Waals surface area contributed by atoms with E-state index >= 15 is 0 Å². The van der Waals surface area contributed by atoms with Gasteiger partial charge >= 0.3 is 0 Å². The largest absolute Gasteiger partial charge is 0.364 e. The molecule has 1 amide bonds. The van der Waals surface area contributed by atoms with E-state index in [2.05, 4.69) is 9.97 Å². The van der Waals surface area contributed by atoms with Crippen LogP contribution < -0.4 is 11.3 Å². The molecule has 66 valence electrons. The van der Waals surface area contributed by atoms with E-state index in [4.69, 9.17) is 5.73 Å². The number of hydrogen-bond donors (Lipinski definition) is 2. The van der Waals surface area contributed by atoms with Crippen molar-refractivity contribution >= 4 is 11.6 Å². The number of carbonyl (C=O) groups is 1. The molecule has 2 heterocycles. The molecular formula is C7H6N4O2. The molecule has 6 nitrogen and oxygen atoms in total. The molecule has 0 saturated heterocycles. The smallest absolute Gasteiger partial charge is 0.271 e. The number of carbonyl (C=O) groups excluding carboxylic acids is 1. The lowest BCUT2D eigenvalue weighted by Crippen LogP contribution is -2.15. The molecule has 2 aromatic rings. The van der Waals surface area contributed by atoms with Crippen LogP contribution in [0.5, 0.6) is 0 Å². The molecule has 0 aliphatic carbocycles. The Hall–Kier alpha value is -2.11. The van der Waals surface area contributed by atoms with Crippen LogP contribution >= 0.6 is 0 Å². The number of nitrogens with zero attached hydrogens (tertiary/aromatic N) is 2. The van der Waals surface area contributed by atoms with Gasteiger partial charge in [0.15, 0.2) is 11.3 Å². The molecular weight excluding hydrogens is 172 g/mol. The van der Waals surface area contributed by atoms with Gasteiger partial charge in [-0.05, 0) is 0 Å². The third-order valence-corrected chi connectivity index (χ3v) is 1.68. The van der Waals surface area contributed by atoms with Gasteiger partial charge in [0.25, 0.3) is 11.5 Å². The second-order valence-electron chi connectivity index (χ2n) is 2.49. The van der Waals surface area contributed by atoms with Crippen LogP contribution in [0.3, 0.4) is 0 Å². The first-order valence-electron chi connectivity index (χ1n) is 3.54. The predicted octanol–water partition coefficient (Wildman–Crippen LogP) is -0.879. The number of amides is 1. The first-order chi connectivity index (χ1) is 6.20. The van der Waals surface area contributed by atoms with Gasteiger partial charge in [-0.1, -0.05) is 0 Å². The van der Waals surface area contributed by atoms with E-state index in [0.29, 0.717) is 5.65 Å². The zero-order valence-corrected chi connectivity index (χ0v) is 6.52. The summed E-state index contributed by atoms with van der Waals surface area (Å²) in [6.07, 6.45) is 2.69. The molecule has 0 atom stereocenters. The summed E-state index contributed by atoms with van der Waals surface area (Å²) in [6.45, 7) is 0. The number of fused-ring (bicyclic) bond motifs is 1. The van der Waals surface area contributed by atoms with Gasteiger partial charge in [-0.25, -0.2) is 4.98 Å². The highest BCUT2D eigenvalue weighted by Crippen LogP contribution is 2.01. The molecule has 0 aliphatic rings. The summed E-state index contributed by atoms with van der Waals surface area (Å²) in [4.78, 5) is 28.4. The lowest BCUT2D eigenvalue weighted by molar-refractivity contribution is 0.0997. The first kappa shape index (κ1) is 7.53. The van der Waals surface area contributed by atoms with E-state index in [-0.39, 0.29) is 11.3 Å². The normalized spacial score (nSPS) is 10.5. The number of H-pyrrole nitrogens is 1. The second-order valence-corrected chi connectivity index (χ2v) is 2.49. The Morgan fingerprint density at radius 1 is 1.62 bits per heavy atom. The number of nitrogens with two attached hydrogens (primary N) is 1. The van der Waals surface area contributed by atoms with Crippen LogP contribution in [0.15, 0.2) is 23.4 Å². The maximum absolute atomic E-state index is 11.2. The van der Waals surface area contributed by atoms with Crippen LogP contribution in [0.4, 0.5) is 0 Å². The van der Waals surface area contributed by atoms with Crippen molar-refractivity contribution < 1.29 is 4.79 Å². The molecule has 0 spiro atoms. The van der Waals surface area contributed by atoms with Crippen molar-refractivity contribution in [3.05, 3.63) is 34.6 Å². The number of imidazole rings is 1. The number of primary amides is 1. The van der Waals surface area contributed by atoms with Crippen molar-refractivity contribution in [1.29, 1.82) is 0 Å². The molecule has 0 unspecified atom stereocenters. The minimum absolute atomic E-state index is 0.0673. The molecule has 0 saturated carbocycles. The zero-order valence-electron chi connectivity index (χ0n) is 6.52. The summed E-state index contributed by atoms with van der Waals surface area (Å²) in [5, 5.41) is 0. The molecule has 6 heteroatoms. The molecule has 0 fully saturated rings. The summed E-state index contributed by atoms with van der Waals surface area (Å²) >= 11 is 0. The van der Waals surface area contributed by atoms with Crippen LogP contribution in [-0.4, -0.2) is 20.3 Å². The van der Waals surface area contributed by atoms with Gasteiger partial charge in [0.2, 0.25) is 0 Å². The SMILES string of the molecule is NC(=O)c1ncn2c(=O)cc[nH]c12. The van der Waals surface area contributed by atoms with Crippen molar-refractivity contribution in [2.75, 3.05) is 0 Å². The third-order valence-electron chi connectivity index (χ3n) is 1.68. The van der Waals surface area contributed by atoms with Gasteiger partial charge in [-0.3, -0.25) is 14.0 Å². The standard InChI is InChI=1S/C7H6N4O2/c8-6(13)5-7-9-2-1-4(12)11(7)3-10-5/h1-3,9H,(H2,8,13). The first-order valence-corrected chi connectivity index (χ1v) is 3.54. The van der Waals surface area contributed by atoms with Gasteiger partial charge in [0, 0.05) is 12.3 Å². The van der Waals surface area contributed by atoms with Gasteiger partial charge in [-0.2, -0.15) is 0 Å². The van der Waals surface area contributed by atoms with Crippen molar-refractivity contribution in [2.24, 2.45) is 5.73 Å². The van der Waals surface area contributed by atoms with Gasteiger partial charge in [0.1, 0.15) is 6.33 Å². The maximum Gasteiger partial charge on any atom is 0.271 e. The summed E-state index contributed by atoms with van der Waals surface area (Å²) in [5.41, 5.74) is 5.17. The Bertz CT molecular complexity index is 525. The molecule has 0 aromatic carbocycles. The minimum atomic E-state index is -0.663. The Morgan fingerprint density at radius 3 is 3.08 bits per heavy atom. The van der Waals surface area contributed by atoms with E-state index in [9.17, 15) is 9.59 Å². The van der Waals surface area contributed by atoms with Crippen molar-refractivity contribution in [3.63, 3.8) is 0 Å². The quantitative estimate of drug-likeness (QED) is 0.593. The van der Waals surface area contributed by atoms with Crippen molar-refractivity contribution in [2.45, 2.75) is 0 Å². The fourth-order valence-electron chi connectivity index (χ4n) is 1.11. The van der Waals surface area contributed by atoms with E-state index in [1.807, 2.05) is 0 Å². The Labute approximate surface area is 72.0 Å². The van der Waals surface area contributed by atoms with Gasteiger partial charge in [0.05, 0.1) is 0 Å². The fraction of sp³-hybridized carbons (Fsp3) is 0. The number of rotatable bonds is 1. The average molecular weight is 178 g/mol. The maximum atomic E-state index is 11.2. The Balaban J connectivity index is 2.91. The summed E-state index contributed by atoms with van der Waals surface area (Å²) < 4.78 is 1.22. The number of aromatic amines is 1. The predicted molar refractivity (Wildman–Crippen MR) is 44.3 cm³/mol. The molecule has 13 heavy (non-hydrogen) atoms. The average Bonchev–Trinajstić information content (AvgIpc) is 2.48. The van der Waals surface area contributed by atoms with E-state index in [0.717, 1.165) is 0 Å². The summed E-state index contributed by atoms with van der Waals surface area (Å²) in [7, 11) is 0. The second kappa shape index (κ2) is 2.44. The molecule has 0 aliphatic heterocycles. The number of nitrogens with one attached hydrogen (secondary N) is 1. The zero-order chi connectivity index (χ0) is 9.42. The van der Waals surface area contributed by atoms with Crippen LogP contribution in [0, 0.1) is 0 Å². The molecule has 3 N–H and O–H groups in total. The Morgan fingerprint density at radius 2 is 2.38 bits per heavy atom. The van der Waals surface area contributed by atoms with Crippen LogP contribution in [0.1, 0.15) is 10.5 Å². The molecule has 0 radical (unpaired) electrons. The van der Waals surface area contributed by atoms with Crippen molar-refractivity contribution in [1.82, 2.24) is 14.4 Å². The van der Waals surface area contributed by atoms with Crippen molar-refractivity contribution in [3.8, 4) is 0 Å². The van der Waals surface area contributed by atoms with E-state index < -0.39 is 5.91 Å². The highest BCUT2D eigenvalue weighted by atomic mass is 16.1. The minimum Gasteiger partial charge on any atom is -0.364 e. The van der Waals surface area contributed by atoms with Gasteiger partial charge < -0.3 is 10.7 Å². The lowest BCUT2D eigenvalue weighted by atomic mass is 10.4. The van der Waals surface area contributed by atoms with E-state index in [1.165, 1.54) is 23.0 Å². The number of aromatic nitrogens is 3. The highest BCUT2D eigenvalue weighted by Gasteiger charge is 2.10. The van der Waals surface area contributed by atoms with Crippen LogP contribution in [0.2, 0.25) is 0 Å². The molecule has 0 bridgehead atoms. The third kappa shape index (κ3) is 0.994. The number of hydrogen-bond acceptors (Lipinski definition) is 3. The lowest BCUT2D eigenvalue weighted by Gasteiger charge is -1.92. The summed E-state index contributed by atoms with van der Waals surface area (Å²) in [5.74, 6) is -0.663. The molecule has 2 rings (SSSR count). The summed E-state index contributed by atoms with van der Waals surface area (Å²) in [6, 6.07) is 1.33. The molecule has 2 aromatic heterocycles. The van der Waals surface area contributed by atoms with E-state index in [1.54, 1.807) is 0 Å².